The van der Waals surface area contributed by atoms with Crippen molar-refractivity contribution in [3.8, 4) is 11.5 Å². The van der Waals surface area contributed by atoms with Gasteiger partial charge in [0.25, 0.3) is 0 Å². The Morgan fingerprint density at radius 2 is 1.83 bits per heavy atom. The Balaban J connectivity index is 1.64. The van der Waals surface area contributed by atoms with Gasteiger partial charge in [-0.3, -0.25) is 5.43 Å². The lowest BCUT2D eigenvalue weighted by Gasteiger charge is -2.16. The number of fused-ring (bicyclic) bond motifs is 1. The quantitative estimate of drug-likeness (QED) is 0.497. The van der Waals surface area contributed by atoms with E-state index in [-0.39, 0.29) is 6.23 Å². The number of benzene rings is 2. The van der Waals surface area contributed by atoms with E-state index in [1.807, 2.05) is 38.1 Å². The molecule has 1 aliphatic carbocycles. The van der Waals surface area contributed by atoms with Crippen molar-refractivity contribution in [2.24, 2.45) is 5.10 Å². The number of hydrogen-bond acceptors (Lipinski definition) is 4. The van der Waals surface area contributed by atoms with Crippen molar-refractivity contribution in [2.45, 2.75) is 39.3 Å². The molecule has 0 bridgehead atoms. The summed E-state index contributed by atoms with van der Waals surface area (Å²) in [6.07, 6.45) is 3.38. The molecule has 1 aliphatic rings. The van der Waals surface area contributed by atoms with E-state index in [0.717, 1.165) is 11.3 Å². The van der Waals surface area contributed by atoms with Gasteiger partial charge in [-0.2, -0.15) is 5.10 Å². The summed E-state index contributed by atoms with van der Waals surface area (Å²) in [6.45, 7) is 3.94. The average molecular weight is 324 g/mol. The largest absolute Gasteiger partial charge is 0.493 e. The van der Waals surface area contributed by atoms with E-state index in [1.165, 1.54) is 30.4 Å². The average Bonchev–Trinajstić information content (AvgIpc) is 3.07. The summed E-state index contributed by atoms with van der Waals surface area (Å²) in [4.78, 5) is 0. The maximum absolute atomic E-state index is 5.85. The molecule has 0 saturated carbocycles. The highest BCUT2D eigenvalue weighted by atomic mass is 16.5. The number of hydrogen-bond donors (Lipinski definition) is 1. The molecule has 126 valence electrons. The van der Waals surface area contributed by atoms with E-state index in [4.69, 9.17) is 9.47 Å². The normalized spacial score (nSPS) is 14.9. The van der Waals surface area contributed by atoms with Crippen LogP contribution in [0.15, 0.2) is 47.6 Å². The second-order valence-corrected chi connectivity index (χ2v) is 6.07. The smallest absolute Gasteiger partial charge is 0.181 e. The van der Waals surface area contributed by atoms with Gasteiger partial charge in [-0.1, -0.05) is 24.3 Å². The van der Waals surface area contributed by atoms with Crippen LogP contribution in [0.5, 0.6) is 11.5 Å². The lowest BCUT2D eigenvalue weighted by Crippen LogP contribution is -2.28. The van der Waals surface area contributed by atoms with Crippen LogP contribution in [0.4, 0.5) is 0 Å². The molecular formula is C20H24N2O2. The highest BCUT2D eigenvalue weighted by Crippen LogP contribution is 2.26. The van der Waals surface area contributed by atoms with Crippen LogP contribution in [0.25, 0.3) is 0 Å². The molecule has 0 amide bonds. The summed E-state index contributed by atoms with van der Waals surface area (Å²) < 4.78 is 11.1. The van der Waals surface area contributed by atoms with Crippen molar-refractivity contribution in [1.82, 2.24) is 5.43 Å². The first-order chi connectivity index (χ1) is 11.7. The van der Waals surface area contributed by atoms with Gasteiger partial charge >= 0.3 is 0 Å². The lowest BCUT2D eigenvalue weighted by atomic mass is 10.0. The Labute approximate surface area is 143 Å². The molecule has 2 aromatic carbocycles. The third kappa shape index (κ3) is 3.70. The molecule has 0 heterocycles. The van der Waals surface area contributed by atoms with E-state index >= 15 is 0 Å². The highest BCUT2D eigenvalue weighted by Gasteiger charge is 2.12. The molecule has 4 nitrogen and oxygen atoms in total. The molecule has 0 aromatic heterocycles. The summed E-state index contributed by atoms with van der Waals surface area (Å²) in [5.74, 6) is 1.41. The van der Waals surface area contributed by atoms with Gasteiger partial charge in [-0.05, 0) is 68.0 Å². The Morgan fingerprint density at radius 3 is 2.62 bits per heavy atom. The van der Waals surface area contributed by atoms with Gasteiger partial charge in [-0.25, -0.2) is 0 Å². The van der Waals surface area contributed by atoms with Crippen molar-refractivity contribution < 1.29 is 9.47 Å². The van der Waals surface area contributed by atoms with Crippen LogP contribution in [0.2, 0.25) is 0 Å². The summed E-state index contributed by atoms with van der Waals surface area (Å²) >= 11 is 0. The maximum Gasteiger partial charge on any atom is 0.181 e. The fraction of sp³-hybridized carbons (Fsp3) is 0.350. The van der Waals surface area contributed by atoms with Crippen molar-refractivity contribution in [2.75, 3.05) is 7.11 Å². The zero-order valence-corrected chi connectivity index (χ0v) is 14.5. The molecule has 0 radical (unpaired) electrons. The monoisotopic (exact) mass is 324 g/mol. The van der Waals surface area contributed by atoms with Crippen molar-refractivity contribution in [3.05, 3.63) is 59.2 Å². The highest BCUT2D eigenvalue weighted by molar-refractivity contribution is 5.98. The van der Waals surface area contributed by atoms with Crippen LogP contribution < -0.4 is 14.9 Å². The standard InChI is InChI=1S/C20H24N2O2/c1-14(17-12-11-16-7-6-8-18(16)13-17)21-22-15(2)24-20-10-5-4-9-19(20)23-3/h4-5,9-13,15,22H,6-8H2,1-3H3/b21-14-/t15-/m0/s1. The van der Waals surface area contributed by atoms with Gasteiger partial charge in [-0.15, -0.1) is 0 Å². The first-order valence-corrected chi connectivity index (χ1v) is 8.39. The number of methoxy groups -OCH3 is 1. The number of nitrogens with zero attached hydrogens (tertiary/aromatic N) is 1. The molecule has 24 heavy (non-hydrogen) atoms. The van der Waals surface area contributed by atoms with Crippen molar-refractivity contribution in [1.29, 1.82) is 0 Å². The molecule has 3 rings (SSSR count). The number of nitrogens with one attached hydrogen (secondary N) is 1. The minimum Gasteiger partial charge on any atom is -0.493 e. The third-order valence-corrected chi connectivity index (χ3v) is 4.30. The van der Waals surface area contributed by atoms with Crippen molar-refractivity contribution in [3.63, 3.8) is 0 Å². The lowest BCUT2D eigenvalue weighted by molar-refractivity contribution is 0.178. The topological polar surface area (TPSA) is 42.9 Å². The van der Waals surface area contributed by atoms with Crippen LogP contribution in [0.1, 0.15) is 37.0 Å². The summed E-state index contributed by atoms with van der Waals surface area (Å²) in [7, 11) is 1.64. The van der Waals surface area contributed by atoms with Gasteiger partial charge in [0.15, 0.2) is 17.7 Å². The van der Waals surface area contributed by atoms with Gasteiger partial charge < -0.3 is 9.47 Å². The molecule has 1 N–H and O–H groups in total. The summed E-state index contributed by atoms with van der Waals surface area (Å²) in [5, 5.41) is 4.47. The SMILES string of the molecule is COc1ccccc1O[C@@H](C)N/N=C(/C)c1ccc2c(c1)CCC2. The van der Waals surface area contributed by atoms with Gasteiger partial charge in [0.2, 0.25) is 0 Å². The first kappa shape index (κ1) is 16.4. The predicted octanol–water partition coefficient (Wildman–Crippen LogP) is 3.92. The maximum atomic E-state index is 5.85. The minimum absolute atomic E-state index is 0.259. The molecule has 2 aromatic rings. The Kier molecular flexibility index (Phi) is 5.04. The van der Waals surface area contributed by atoms with Crippen LogP contribution in [-0.4, -0.2) is 19.0 Å². The van der Waals surface area contributed by atoms with E-state index in [1.54, 1.807) is 7.11 Å². The zero-order chi connectivity index (χ0) is 16.9. The molecule has 0 fully saturated rings. The van der Waals surface area contributed by atoms with Crippen LogP contribution in [0, 0.1) is 0 Å². The second kappa shape index (κ2) is 7.39. The van der Waals surface area contributed by atoms with Gasteiger partial charge in [0.1, 0.15) is 0 Å². The van der Waals surface area contributed by atoms with Crippen LogP contribution >= 0.6 is 0 Å². The molecule has 4 heteroatoms. The van der Waals surface area contributed by atoms with E-state index < -0.39 is 0 Å². The van der Waals surface area contributed by atoms with Crippen LogP contribution in [0.3, 0.4) is 0 Å². The van der Waals surface area contributed by atoms with E-state index in [2.05, 4.69) is 28.7 Å². The fourth-order valence-electron chi connectivity index (χ4n) is 2.98. The van der Waals surface area contributed by atoms with Gasteiger partial charge in [0.05, 0.1) is 12.8 Å². The number of rotatable bonds is 6. The summed E-state index contributed by atoms with van der Waals surface area (Å²) in [5.41, 5.74) is 8.11. The number of para-hydroxylation sites is 2. The Bertz CT molecular complexity index is 740. The molecule has 0 saturated heterocycles. The van der Waals surface area contributed by atoms with E-state index in [0.29, 0.717) is 11.5 Å². The molecule has 0 unspecified atom stereocenters. The third-order valence-electron chi connectivity index (χ3n) is 4.30. The first-order valence-electron chi connectivity index (χ1n) is 8.39. The Morgan fingerprint density at radius 1 is 1.08 bits per heavy atom. The fourth-order valence-corrected chi connectivity index (χ4v) is 2.98. The van der Waals surface area contributed by atoms with Crippen molar-refractivity contribution >= 4 is 5.71 Å². The summed E-state index contributed by atoms with van der Waals surface area (Å²) in [6, 6.07) is 14.2. The predicted molar refractivity (Wildman–Crippen MR) is 96.9 cm³/mol. The minimum atomic E-state index is -0.259. The molecule has 0 aliphatic heterocycles. The zero-order valence-electron chi connectivity index (χ0n) is 14.5. The van der Waals surface area contributed by atoms with E-state index in [9.17, 15) is 0 Å². The van der Waals surface area contributed by atoms with Crippen LogP contribution in [-0.2, 0) is 12.8 Å². The Hall–Kier alpha value is -2.49. The molecule has 1 atom stereocenters. The van der Waals surface area contributed by atoms with Gasteiger partial charge in [0, 0.05) is 0 Å². The number of aryl methyl sites for hydroxylation is 2. The molecular weight excluding hydrogens is 300 g/mol. The second-order valence-electron chi connectivity index (χ2n) is 6.07. The number of ether oxygens (including phenoxy) is 2. The number of hydrazone groups is 1. The molecule has 0 spiro atoms.